The standard InChI is InChI=1S/C32H34F2N6O/c1-4-22-25(33)12-11-20-8-7-10-23(26(20)22)28-27(34)29-24(18-36-28)30(39(3)19-21-9-5-6-15-35-21)38-31(37-29)40-16-13-32(2,41)14-17-40/h1,7-8,10-12,18,21,35,41H,5-6,9,13-17,19H2,2-3H3/t21-/m1/s1. The molecule has 0 saturated carbocycles. The summed E-state index contributed by atoms with van der Waals surface area (Å²) >= 11 is 0. The Morgan fingerprint density at radius 1 is 1.17 bits per heavy atom. The number of aromatic nitrogens is 3. The van der Waals surface area contributed by atoms with Crippen LogP contribution in [0.5, 0.6) is 0 Å². The van der Waals surface area contributed by atoms with Gasteiger partial charge < -0.3 is 20.2 Å². The van der Waals surface area contributed by atoms with Crippen LogP contribution >= 0.6 is 0 Å². The summed E-state index contributed by atoms with van der Waals surface area (Å²) < 4.78 is 31.3. The first-order chi connectivity index (χ1) is 19.8. The van der Waals surface area contributed by atoms with Gasteiger partial charge in [0, 0.05) is 49.9 Å². The number of piperidine rings is 2. The molecular formula is C32H34F2N6O. The van der Waals surface area contributed by atoms with Gasteiger partial charge in [-0.3, -0.25) is 4.98 Å². The van der Waals surface area contributed by atoms with E-state index in [4.69, 9.17) is 16.4 Å². The van der Waals surface area contributed by atoms with Crippen molar-refractivity contribution in [3.63, 3.8) is 0 Å². The number of pyridine rings is 1. The summed E-state index contributed by atoms with van der Waals surface area (Å²) in [5.41, 5.74) is -0.0702. The lowest BCUT2D eigenvalue weighted by Crippen LogP contribution is -2.44. The largest absolute Gasteiger partial charge is 0.390 e. The zero-order valence-electron chi connectivity index (χ0n) is 23.4. The third-order valence-electron chi connectivity index (χ3n) is 8.44. The Morgan fingerprint density at radius 2 is 1.98 bits per heavy atom. The van der Waals surface area contributed by atoms with E-state index >= 15 is 4.39 Å². The minimum absolute atomic E-state index is 0.0546. The monoisotopic (exact) mass is 556 g/mol. The van der Waals surface area contributed by atoms with Gasteiger partial charge in [-0.15, -0.1) is 6.42 Å². The zero-order chi connectivity index (χ0) is 28.7. The summed E-state index contributed by atoms with van der Waals surface area (Å²) in [4.78, 5) is 18.2. The Balaban J connectivity index is 1.51. The van der Waals surface area contributed by atoms with Gasteiger partial charge in [-0.2, -0.15) is 4.98 Å². The SMILES string of the molecule is C#Cc1c(F)ccc2cccc(-c3ncc4c(N(C)C[C@H]5CCCCN5)nc(N5CCC(C)(O)CC5)nc4c3F)c12. The van der Waals surface area contributed by atoms with E-state index in [1.807, 2.05) is 29.8 Å². The molecule has 0 unspecified atom stereocenters. The molecule has 212 valence electrons. The smallest absolute Gasteiger partial charge is 0.228 e. The number of fused-ring (bicyclic) bond motifs is 2. The maximum atomic E-state index is 16.6. The number of aliphatic hydroxyl groups is 1. The Labute approximate surface area is 238 Å². The third kappa shape index (κ3) is 5.18. The molecule has 41 heavy (non-hydrogen) atoms. The molecule has 1 atom stereocenters. The number of rotatable bonds is 5. The predicted molar refractivity (Wildman–Crippen MR) is 159 cm³/mol. The molecule has 2 N–H and O–H groups in total. The van der Waals surface area contributed by atoms with E-state index in [1.54, 1.807) is 24.4 Å². The number of hydrogen-bond donors (Lipinski definition) is 2. The van der Waals surface area contributed by atoms with Crippen LogP contribution in [0.15, 0.2) is 36.5 Å². The van der Waals surface area contributed by atoms with Crippen molar-refractivity contribution >= 4 is 33.4 Å². The van der Waals surface area contributed by atoms with Crippen LogP contribution in [0.1, 0.15) is 44.6 Å². The van der Waals surface area contributed by atoms with Crippen molar-refractivity contribution in [1.82, 2.24) is 20.3 Å². The van der Waals surface area contributed by atoms with E-state index < -0.39 is 17.2 Å². The van der Waals surface area contributed by atoms with Gasteiger partial charge in [0.2, 0.25) is 5.95 Å². The molecule has 0 bridgehead atoms. The molecule has 4 aromatic rings. The topological polar surface area (TPSA) is 77.4 Å². The van der Waals surface area contributed by atoms with Crippen LogP contribution in [-0.2, 0) is 0 Å². The molecule has 7 nitrogen and oxygen atoms in total. The van der Waals surface area contributed by atoms with Gasteiger partial charge in [0.05, 0.1) is 16.6 Å². The first-order valence-corrected chi connectivity index (χ1v) is 14.2. The van der Waals surface area contributed by atoms with Crippen LogP contribution in [0.25, 0.3) is 32.9 Å². The molecule has 0 amide bonds. The number of anilines is 2. The van der Waals surface area contributed by atoms with Gasteiger partial charge in [0.15, 0.2) is 5.82 Å². The van der Waals surface area contributed by atoms with Gasteiger partial charge in [-0.1, -0.05) is 36.6 Å². The van der Waals surface area contributed by atoms with Crippen molar-refractivity contribution in [3.05, 3.63) is 53.7 Å². The van der Waals surface area contributed by atoms with Crippen molar-refractivity contribution in [2.75, 3.05) is 43.0 Å². The van der Waals surface area contributed by atoms with Gasteiger partial charge in [-0.05, 0) is 50.6 Å². The van der Waals surface area contributed by atoms with E-state index in [1.165, 1.54) is 12.5 Å². The Kier molecular flexibility index (Phi) is 7.22. The second-order valence-corrected chi connectivity index (χ2v) is 11.5. The highest BCUT2D eigenvalue weighted by molar-refractivity contribution is 6.02. The molecule has 0 aliphatic carbocycles. The first-order valence-electron chi connectivity index (χ1n) is 14.2. The van der Waals surface area contributed by atoms with E-state index in [-0.39, 0.29) is 16.8 Å². The van der Waals surface area contributed by atoms with Gasteiger partial charge in [0.1, 0.15) is 22.8 Å². The first kappa shape index (κ1) is 27.3. The van der Waals surface area contributed by atoms with E-state index in [2.05, 4.69) is 16.2 Å². The Morgan fingerprint density at radius 3 is 2.71 bits per heavy atom. The number of nitrogens with zero attached hydrogens (tertiary/aromatic N) is 5. The second kappa shape index (κ2) is 10.8. The van der Waals surface area contributed by atoms with Crippen molar-refractivity contribution < 1.29 is 13.9 Å². The average Bonchev–Trinajstić information content (AvgIpc) is 2.97. The molecule has 2 aliphatic heterocycles. The molecule has 9 heteroatoms. The maximum absolute atomic E-state index is 16.6. The number of hydrogen-bond acceptors (Lipinski definition) is 7. The number of benzene rings is 2. The number of likely N-dealkylation sites (N-methyl/N-ethyl adjacent to an activating group) is 1. The van der Waals surface area contributed by atoms with Crippen LogP contribution in [0, 0.1) is 24.0 Å². The minimum atomic E-state index is -0.750. The van der Waals surface area contributed by atoms with E-state index in [9.17, 15) is 9.50 Å². The molecule has 6 rings (SSSR count). The van der Waals surface area contributed by atoms with Gasteiger partial charge >= 0.3 is 0 Å². The molecule has 2 aromatic carbocycles. The number of nitrogens with one attached hydrogen (secondary N) is 1. The van der Waals surface area contributed by atoms with Crippen molar-refractivity contribution in [1.29, 1.82) is 0 Å². The third-order valence-corrected chi connectivity index (χ3v) is 8.44. The van der Waals surface area contributed by atoms with Crippen molar-refractivity contribution in [3.8, 4) is 23.6 Å². The summed E-state index contributed by atoms with van der Waals surface area (Å²) in [5, 5.41) is 15.7. The fourth-order valence-electron chi connectivity index (χ4n) is 6.03. The minimum Gasteiger partial charge on any atom is -0.390 e. The van der Waals surface area contributed by atoms with Crippen LogP contribution in [0.2, 0.25) is 0 Å². The maximum Gasteiger partial charge on any atom is 0.228 e. The lowest BCUT2D eigenvalue weighted by atomic mass is 9.94. The molecule has 2 aliphatic rings. The van der Waals surface area contributed by atoms with Crippen LogP contribution in [0.4, 0.5) is 20.5 Å². The van der Waals surface area contributed by atoms with Crippen molar-refractivity contribution in [2.45, 2.75) is 50.7 Å². The lowest BCUT2D eigenvalue weighted by molar-refractivity contribution is 0.0349. The van der Waals surface area contributed by atoms with Crippen LogP contribution < -0.4 is 15.1 Å². The van der Waals surface area contributed by atoms with Gasteiger partial charge in [0.25, 0.3) is 0 Å². The van der Waals surface area contributed by atoms with E-state index in [0.717, 1.165) is 19.4 Å². The molecule has 4 heterocycles. The van der Waals surface area contributed by atoms with E-state index in [0.29, 0.717) is 72.0 Å². The highest BCUT2D eigenvalue weighted by Gasteiger charge is 2.30. The molecule has 0 radical (unpaired) electrons. The summed E-state index contributed by atoms with van der Waals surface area (Å²) in [5.74, 6) is 2.29. The summed E-state index contributed by atoms with van der Waals surface area (Å²) in [7, 11) is 1.96. The molecule has 0 spiro atoms. The average molecular weight is 557 g/mol. The van der Waals surface area contributed by atoms with Crippen molar-refractivity contribution in [2.24, 2.45) is 0 Å². The fraction of sp³-hybridized carbons (Fsp3) is 0.406. The normalized spacial score (nSPS) is 18.9. The molecule has 2 fully saturated rings. The van der Waals surface area contributed by atoms with Crippen LogP contribution in [0.3, 0.4) is 0 Å². The predicted octanol–water partition coefficient (Wildman–Crippen LogP) is 5.03. The summed E-state index contributed by atoms with van der Waals surface area (Å²) in [6.45, 7) is 4.63. The molecule has 2 saturated heterocycles. The van der Waals surface area contributed by atoms with Crippen LogP contribution in [-0.4, -0.2) is 64.9 Å². The summed E-state index contributed by atoms with van der Waals surface area (Å²) in [6.07, 6.45) is 11.8. The Hall–Kier alpha value is -3.87. The fourth-order valence-corrected chi connectivity index (χ4v) is 6.03. The molecular weight excluding hydrogens is 522 g/mol. The number of halogens is 2. The number of terminal acetylenes is 1. The zero-order valence-corrected chi connectivity index (χ0v) is 23.4. The van der Waals surface area contributed by atoms with Gasteiger partial charge in [-0.25, -0.2) is 13.8 Å². The molecule has 2 aromatic heterocycles. The summed E-state index contributed by atoms with van der Waals surface area (Å²) in [6, 6.07) is 8.56. The second-order valence-electron chi connectivity index (χ2n) is 11.5. The lowest BCUT2D eigenvalue weighted by Gasteiger charge is -2.36. The Bertz CT molecular complexity index is 1650. The highest BCUT2D eigenvalue weighted by Crippen LogP contribution is 2.37. The quantitative estimate of drug-likeness (QED) is 0.334. The highest BCUT2D eigenvalue weighted by atomic mass is 19.1.